The van der Waals surface area contributed by atoms with Gasteiger partial charge in [0.1, 0.15) is 12.4 Å². The number of hydrogen-bond acceptors (Lipinski definition) is 7. The van der Waals surface area contributed by atoms with Crippen molar-refractivity contribution >= 4 is 23.6 Å². The van der Waals surface area contributed by atoms with Crippen molar-refractivity contribution < 1.29 is 19.1 Å². The van der Waals surface area contributed by atoms with Crippen LogP contribution in [0.2, 0.25) is 0 Å². The molecule has 0 saturated carbocycles. The Bertz CT molecular complexity index is 438. The number of thioether (sulfide) groups is 1. The molecule has 2 amide bonds. The summed E-state index contributed by atoms with van der Waals surface area (Å²) in [6, 6.07) is 0.615. The molecule has 0 aliphatic heterocycles. The van der Waals surface area contributed by atoms with Crippen LogP contribution in [0.5, 0.6) is 0 Å². The maximum Gasteiger partial charge on any atom is 0.278 e. The van der Waals surface area contributed by atoms with Crippen molar-refractivity contribution in [2.45, 2.75) is 25.5 Å². The Morgan fingerprint density at radius 2 is 2.25 bits per heavy atom. The van der Waals surface area contributed by atoms with Gasteiger partial charge in [-0.1, -0.05) is 6.92 Å². The first-order valence-corrected chi connectivity index (χ1v) is 7.31. The molecule has 2 atom stereocenters. The molecule has 0 spiro atoms. The quantitative estimate of drug-likeness (QED) is 0.279. The minimum absolute atomic E-state index is 0.128. The van der Waals surface area contributed by atoms with E-state index in [9.17, 15) is 14.7 Å². The number of rotatable bonds is 7. The van der Waals surface area contributed by atoms with Gasteiger partial charge in [0.15, 0.2) is 0 Å². The standard InChI is InChI=1S/C12H19N3O4S/c1-2-20-6-4-9(13)10(16)12(18)15(14)11(17)8-3-5-19-7-8/h3,5,7,9-10,16H,2,4,6,13-14H2,1H3/t9-,10?/m1/s1. The van der Waals surface area contributed by atoms with E-state index in [0.29, 0.717) is 11.4 Å². The first-order chi connectivity index (χ1) is 9.49. The largest absolute Gasteiger partial charge is 0.472 e. The van der Waals surface area contributed by atoms with E-state index >= 15 is 0 Å². The topological polar surface area (TPSA) is 123 Å². The Morgan fingerprint density at radius 1 is 1.55 bits per heavy atom. The zero-order valence-electron chi connectivity index (χ0n) is 11.2. The zero-order valence-corrected chi connectivity index (χ0v) is 12.0. The second kappa shape index (κ2) is 8.05. The molecule has 1 aromatic rings. The molecule has 0 radical (unpaired) electrons. The van der Waals surface area contributed by atoms with Crippen LogP contribution in [0.4, 0.5) is 0 Å². The lowest BCUT2D eigenvalue weighted by atomic mass is 10.1. The van der Waals surface area contributed by atoms with E-state index in [-0.39, 0.29) is 5.56 Å². The Labute approximate surface area is 121 Å². The van der Waals surface area contributed by atoms with Crippen LogP contribution in [0.15, 0.2) is 23.0 Å². The normalized spacial score (nSPS) is 13.8. The molecule has 0 saturated heterocycles. The average molecular weight is 301 g/mol. The fourth-order valence-corrected chi connectivity index (χ4v) is 2.20. The van der Waals surface area contributed by atoms with Crippen LogP contribution in [0.3, 0.4) is 0 Å². The summed E-state index contributed by atoms with van der Waals surface area (Å²) in [5.74, 6) is 5.39. The highest BCUT2D eigenvalue weighted by Gasteiger charge is 2.30. The van der Waals surface area contributed by atoms with Crippen molar-refractivity contribution in [2.24, 2.45) is 11.6 Å². The molecule has 5 N–H and O–H groups in total. The van der Waals surface area contributed by atoms with E-state index in [1.807, 2.05) is 6.92 Å². The Balaban J connectivity index is 2.57. The van der Waals surface area contributed by atoms with E-state index < -0.39 is 24.0 Å². The number of amides is 2. The Hall–Kier alpha value is -1.35. The lowest BCUT2D eigenvalue weighted by Crippen LogP contribution is -2.53. The summed E-state index contributed by atoms with van der Waals surface area (Å²) in [4.78, 5) is 23.7. The van der Waals surface area contributed by atoms with E-state index in [2.05, 4.69) is 0 Å². The molecule has 1 unspecified atom stereocenters. The second-order valence-corrected chi connectivity index (χ2v) is 5.51. The molecular weight excluding hydrogens is 282 g/mol. The van der Waals surface area contributed by atoms with Crippen LogP contribution >= 0.6 is 11.8 Å². The van der Waals surface area contributed by atoms with Crippen molar-refractivity contribution in [1.82, 2.24) is 5.01 Å². The van der Waals surface area contributed by atoms with Gasteiger partial charge in [-0.05, 0) is 24.0 Å². The van der Waals surface area contributed by atoms with Crippen LogP contribution in [0.25, 0.3) is 0 Å². The average Bonchev–Trinajstić information content (AvgIpc) is 2.98. The van der Waals surface area contributed by atoms with Crippen LogP contribution in [-0.2, 0) is 4.79 Å². The highest BCUT2D eigenvalue weighted by Crippen LogP contribution is 2.09. The Morgan fingerprint density at radius 3 is 2.80 bits per heavy atom. The molecule has 0 aliphatic carbocycles. The monoisotopic (exact) mass is 301 g/mol. The van der Waals surface area contributed by atoms with Crippen LogP contribution < -0.4 is 11.6 Å². The van der Waals surface area contributed by atoms with E-state index in [1.165, 1.54) is 18.6 Å². The molecule has 112 valence electrons. The highest BCUT2D eigenvalue weighted by atomic mass is 32.2. The number of carbonyl (C=O) groups excluding carboxylic acids is 2. The fourth-order valence-electron chi connectivity index (χ4n) is 1.47. The SMILES string of the molecule is CCSCC[C@@H](N)C(O)C(=O)N(N)C(=O)c1ccoc1. The number of hydrazine groups is 1. The van der Waals surface area contributed by atoms with Crippen molar-refractivity contribution in [3.05, 3.63) is 24.2 Å². The predicted molar refractivity (Wildman–Crippen MR) is 75.7 cm³/mol. The maximum atomic E-state index is 11.9. The summed E-state index contributed by atoms with van der Waals surface area (Å²) in [6.07, 6.45) is 1.41. The summed E-state index contributed by atoms with van der Waals surface area (Å²) in [7, 11) is 0. The van der Waals surface area contributed by atoms with Gasteiger partial charge in [0.2, 0.25) is 0 Å². The lowest BCUT2D eigenvalue weighted by molar-refractivity contribution is -0.138. The fraction of sp³-hybridized carbons (Fsp3) is 0.500. The van der Waals surface area contributed by atoms with Gasteiger partial charge < -0.3 is 15.3 Å². The number of nitrogens with two attached hydrogens (primary N) is 2. The van der Waals surface area contributed by atoms with Crippen LogP contribution in [-0.4, -0.2) is 45.6 Å². The third-order valence-electron chi connectivity index (χ3n) is 2.68. The van der Waals surface area contributed by atoms with Gasteiger partial charge in [-0.15, -0.1) is 0 Å². The Kier molecular flexibility index (Phi) is 6.73. The third-order valence-corrected chi connectivity index (χ3v) is 3.62. The number of carbonyl (C=O) groups is 2. The molecule has 0 aromatic carbocycles. The van der Waals surface area contributed by atoms with Gasteiger partial charge in [0, 0.05) is 6.04 Å². The van der Waals surface area contributed by atoms with Gasteiger partial charge in [0.05, 0.1) is 11.8 Å². The number of furan rings is 1. The predicted octanol–water partition coefficient (Wildman–Crippen LogP) is -0.0465. The van der Waals surface area contributed by atoms with E-state index in [0.717, 1.165) is 11.5 Å². The summed E-state index contributed by atoms with van der Waals surface area (Å²) >= 11 is 1.65. The lowest BCUT2D eigenvalue weighted by Gasteiger charge is -2.22. The van der Waals surface area contributed by atoms with Crippen LogP contribution in [0.1, 0.15) is 23.7 Å². The van der Waals surface area contributed by atoms with Gasteiger partial charge in [-0.2, -0.15) is 11.8 Å². The molecule has 1 rings (SSSR count). The smallest absolute Gasteiger partial charge is 0.278 e. The minimum atomic E-state index is -1.51. The van der Waals surface area contributed by atoms with Gasteiger partial charge in [0.25, 0.3) is 11.8 Å². The van der Waals surface area contributed by atoms with Gasteiger partial charge in [-0.25, -0.2) is 10.9 Å². The minimum Gasteiger partial charge on any atom is -0.472 e. The van der Waals surface area contributed by atoms with Crippen LogP contribution in [0, 0.1) is 0 Å². The number of aliphatic hydroxyl groups is 1. The highest BCUT2D eigenvalue weighted by molar-refractivity contribution is 7.99. The van der Waals surface area contributed by atoms with E-state index in [1.54, 1.807) is 11.8 Å². The van der Waals surface area contributed by atoms with E-state index in [4.69, 9.17) is 16.0 Å². The molecule has 0 aliphatic rings. The molecule has 1 heterocycles. The van der Waals surface area contributed by atoms with Crippen molar-refractivity contribution in [3.63, 3.8) is 0 Å². The molecule has 20 heavy (non-hydrogen) atoms. The number of nitrogens with zero attached hydrogens (tertiary/aromatic N) is 1. The zero-order chi connectivity index (χ0) is 15.1. The molecule has 7 nitrogen and oxygen atoms in total. The maximum absolute atomic E-state index is 11.9. The second-order valence-electron chi connectivity index (χ2n) is 4.12. The molecule has 8 heteroatoms. The third kappa shape index (κ3) is 4.34. The first-order valence-electron chi connectivity index (χ1n) is 6.15. The van der Waals surface area contributed by atoms with Gasteiger partial charge in [-0.3, -0.25) is 9.59 Å². The molecule has 0 bridgehead atoms. The molecular formula is C12H19N3O4S. The summed E-state index contributed by atoms with van der Waals surface area (Å²) in [6.45, 7) is 2.00. The van der Waals surface area contributed by atoms with Crippen molar-refractivity contribution in [1.29, 1.82) is 0 Å². The first kappa shape index (κ1) is 16.7. The number of aliphatic hydroxyl groups excluding tert-OH is 1. The number of imide groups is 1. The summed E-state index contributed by atoms with van der Waals surface area (Å²) in [5.41, 5.74) is 5.85. The summed E-state index contributed by atoms with van der Waals surface area (Å²) in [5, 5.41) is 10.2. The van der Waals surface area contributed by atoms with Gasteiger partial charge >= 0.3 is 0 Å². The summed E-state index contributed by atoms with van der Waals surface area (Å²) < 4.78 is 4.73. The van der Waals surface area contributed by atoms with Crippen molar-refractivity contribution in [3.8, 4) is 0 Å². The molecule has 1 aromatic heterocycles. The number of hydrogen-bond donors (Lipinski definition) is 3. The van der Waals surface area contributed by atoms with Crippen molar-refractivity contribution in [2.75, 3.05) is 11.5 Å². The molecule has 0 fully saturated rings.